The van der Waals surface area contributed by atoms with Gasteiger partial charge in [0.25, 0.3) is 0 Å². The second-order valence-electron chi connectivity index (χ2n) is 9.14. The SMILES string of the molecule is CCCCC1CCC(OC(=O)/C=C/C(=O)OCCCOc2ccc(-c3ccc(C#N)cc3)cc2)CC1. The third-order valence-electron chi connectivity index (χ3n) is 6.40. The van der Waals surface area contributed by atoms with E-state index in [9.17, 15) is 9.59 Å². The van der Waals surface area contributed by atoms with Gasteiger partial charge < -0.3 is 14.2 Å². The Hall–Kier alpha value is -3.59. The van der Waals surface area contributed by atoms with Crippen LogP contribution in [0.1, 0.15) is 63.9 Å². The van der Waals surface area contributed by atoms with Crippen LogP contribution in [0.25, 0.3) is 11.1 Å². The molecule has 0 heterocycles. The average Bonchev–Trinajstić information content (AvgIpc) is 2.92. The van der Waals surface area contributed by atoms with Gasteiger partial charge in [0.15, 0.2) is 0 Å². The van der Waals surface area contributed by atoms with E-state index in [0.29, 0.717) is 18.6 Å². The summed E-state index contributed by atoms with van der Waals surface area (Å²) in [5.74, 6) is 0.419. The first-order valence-electron chi connectivity index (χ1n) is 12.9. The predicted molar refractivity (Wildman–Crippen MR) is 138 cm³/mol. The number of carbonyl (C=O) groups is 2. The summed E-state index contributed by atoms with van der Waals surface area (Å²) in [5.41, 5.74) is 2.69. The maximum Gasteiger partial charge on any atom is 0.331 e. The van der Waals surface area contributed by atoms with Crippen LogP contribution in [0.2, 0.25) is 0 Å². The van der Waals surface area contributed by atoms with Crippen LogP contribution in [0.5, 0.6) is 5.75 Å². The van der Waals surface area contributed by atoms with E-state index < -0.39 is 11.9 Å². The summed E-state index contributed by atoms with van der Waals surface area (Å²) in [6.07, 6.45) is 10.5. The van der Waals surface area contributed by atoms with Crippen molar-refractivity contribution >= 4 is 11.9 Å². The number of ether oxygens (including phenoxy) is 3. The van der Waals surface area contributed by atoms with Crippen molar-refractivity contribution in [1.82, 2.24) is 0 Å². The first kappa shape index (κ1) is 27.0. The molecule has 0 saturated heterocycles. The van der Waals surface area contributed by atoms with E-state index in [0.717, 1.165) is 60.6 Å². The monoisotopic (exact) mass is 489 g/mol. The lowest BCUT2D eigenvalue weighted by molar-refractivity contribution is -0.145. The molecule has 0 aliphatic heterocycles. The zero-order valence-electron chi connectivity index (χ0n) is 21.0. The van der Waals surface area contributed by atoms with Crippen molar-refractivity contribution in [1.29, 1.82) is 5.26 Å². The Morgan fingerprint density at radius 1 is 0.889 bits per heavy atom. The smallest absolute Gasteiger partial charge is 0.331 e. The van der Waals surface area contributed by atoms with Crippen LogP contribution in [0, 0.1) is 17.2 Å². The van der Waals surface area contributed by atoms with Crippen LogP contribution in [0.15, 0.2) is 60.7 Å². The Labute approximate surface area is 213 Å². The Balaban J connectivity index is 1.27. The molecule has 0 N–H and O–H groups in total. The number of nitrogens with zero attached hydrogens (tertiary/aromatic N) is 1. The van der Waals surface area contributed by atoms with Crippen LogP contribution in [-0.2, 0) is 19.1 Å². The van der Waals surface area contributed by atoms with Gasteiger partial charge in [-0.25, -0.2) is 9.59 Å². The van der Waals surface area contributed by atoms with Crippen molar-refractivity contribution in [3.63, 3.8) is 0 Å². The quantitative estimate of drug-likeness (QED) is 0.195. The van der Waals surface area contributed by atoms with Crippen LogP contribution in [0.3, 0.4) is 0 Å². The van der Waals surface area contributed by atoms with Gasteiger partial charge in [-0.2, -0.15) is 5.26 Å². The van der Waals surface area contributed by atoms with Crippen LogP contribution >= 0.6 is 0 Å². The molecule has 2 aromatic rings. The number of unbranched alkanes of at least 4 members (excludes halogenated alkanes) is 1. The Morgan fingerprint density at radius 2 is 1.53 bits per heavy atom. The van der Waals surface area contributed by atoms with Crippen molar-refractivity contribution in [2.24, 2.45) is 5.92 Å². The van der Waals surface area contributed by atoms with Crippen LogP contribution < -0.4 is 4.74 Å². The molecule has 0 spiro atoms. The summed E-state index contributed by atoms with van der Waals surface area (Å²) < 4.78 is 16.3. The van der Waals surface area contributed by atoms with Crippen LogP contribution in [-0.4, -0.2) is 31.3 Å². The number of benzene rings is 2. The molecule has 0 radical (unpaired) electrons. The largest absolute Gasteiger partial charge is 0.493 e. The molecule has 190 valence electrons. The highest BCUT2D eigenvalue weighted by atomic mass is 16.5. The fourth-order valence-corrected chi connectivity index (χ4v) is 4.32. The van der Waals surface area contributed by atoms with Gasteiger partial charge in [0.05, 0.1) is 24.8 Å². The minimum Gasteiger partial charge on any atom is -0.493 e. The number of nitriles is 1. The van der Waals surface area contributed by atoms with Crippen LogP contribution in [0.4, 0.5) is 0 Å². The lowest BCUT2D eigenvalue weighted by Crippen LogP contribution is -2.24. The Kier molecular flexibility index (Phi) is 11.0. The van der Waals surface area contributed by atoms with Gasteiger partial charge in [-0.15, -0.1) is 0 Å². The number of rotatable bonds is 12. The van der Waals surface area contributed by atoms with E-state index in [2.05, 4.69) is 13.0 Å². The van der Waals surface area contributed by atoms with Crippen molar-refractivity contribution < 1.29 is 23.8 Å². The van der Waals surface area contributed by atoms with Gasteiger partial charge in [-0.3, -0.25) is 0 Å². The molecule has 0 bridgehead atoms. The number of hydrogen-bond acceptors (Lipinski definition) is 6. The topological polar surface area (TPSA) is 85.6 Å². The average molecular weight is 490 g/mol. The third kappa shape index (κ3) is 9.22. The Morgan fingerprint density at radius 3 is 2.17 bits per heavy atom. The summed E-state index contributed by atoms with van der Waals surface area (Å²) >= 11 is 0. The molecule has 0 amide bonds. The third-order valence-corrected chi connectivity index (χ3v) is 6.40. The summed E-state index contributed by atoms with van der Waals surface area (Å²) in [6.45, 7) is 2.80. The van der Waals surface area contributed by atoms with Gasteiger partial charge >= 0.3 is 11.9 Å². The molecule has 0 aromatic heterocycles. The van der Waals surface area contributed by atoms with Gasteiger partial charge in [-0.05, 0) is 67.0 Å². The standard InChI is InChI=1S/C30H35NO5/c1-2-3-5-23-8-14-28(15-9-23)36-30(33)19-18-29(32)35-21-4-20-34-27-16-12-26(13-17-27)25-10-6-24(22-31)7-11-25/h6-7,10-13,16-19,23,28H,2-5,8-9,14-15,20-21H2,1H3/b19-18+. The molecule has 1 fully saturated rings. The molecular weight excluding hydrogens is 454 g/mol. The first-order valence-corrected chi connectivity index (χ1v) is 12.9. The van der Waals surface area contributed by atoms with Gasteiger partial charge in [0.2, 0.25) is 0 Å². The molecule has 2 aromatic carbocycles. The molecule has 1 aliphatic carbocycles. The van der Waals surface area contributed by atoms with Crippen molar-refractivity contribution in [3.05, 3.63) is 66.2 Å². The number of hydrogen-bond donors (Lipinski definition) is 0. The molecule has 1 saturated carbocycles. The summed E-state index contributed by atoms with van der Waals surface area (Å²) in [7, 11) is 0. The summed E-state index contributed by atoms with van der Waals surface area (Å²) in [4.78, 5) is 23.8. The van der Waals surface area contributed by atoms with Crippen molar-refractivity contribution in [2.75, 3.05) is 13.2 Å². The zero-order chi connectivity index (χ0) is 25.6. The number of carbonyl (C=O) groups excluding carboxylic acids is 2. The Bertz CT molecular complexity index is 1030. The second kappa shape index (κ2) is 14.7. The highest BCUT2D eigenvalue weighted by Gasteiger charge is 2.23. The van der Waals surface area contributed by atoms with Crippen molar-refractivity contribution in [2.45, 2.75) is 64.4 Å². The normalized spacial score (nSPS) is 17.3. The van der Waals surface area contributed by atoms with E-state index in [1.165, 1.54) is 19.3 Å². The van der Waals surface area contributed by atoms with E-state index >= 15 is 0 Å². The highest BCUT2D eigenvalue weighted by molar-refractivity contribution is 5.91. The lowest BCUT2D eigenvalue weighted by Gasteiger charge is -2.27. The first-order chi connectivity index (χ1) is 17.6. The highest BCUT2D eigenvalue weighted by Crippen LogP contribution is 2.30. The van der Waals surface area contributed by atoms with Gasteiger partial charge in [0, 0.05) is 18.6 Å². The molecule has 0 unspecified atom stereocenters. The predicted octanol–water partition coefficient (Wildman–Crippen LogP) is 6.39. The number of esters is 2. The second-order valence-corrected chi connectivity index (χ2v) is 9.14. The van der Waals surface area contributed by atoms with Gasteiger partial charge in [-0.1, -0.05) is 50.5 Å². The van der Waals surface area contributed by atoms with E-state index in [1.54, 1.807) is 12.1 Å². The molecule has 6 nitrogen and oxygen atoms in total. The minimum atomic E-state index is -0.568. The van der Waals surface area contributed by atoms with E-state index in [4.69, 9.17) is 19.5 Å². The molecule has 0 atom stereocenters. The molecule has 1 aliphatic rings. The molecular formula is C30H35NO5. The summed E-state index contributed by atoms with van der Waals surface area (Å²) in [5, 5.41) is 8.90. The molecule has 6 heteroatoms. The lowest BCUT2D eigenvalue weighted by atomic mass is 9.84. The maximum atomic E-state index is 12.0. The fraction of sp³-hybridized carbons (Fsp3) is 0.433. The van der Waals surface area contributed by atoms with Crippen molar-refractivity contribution in [3.8, 4) is 22.9 Å². The molecule has 3 rings (SSSR count). The maximum absolute atomic E-state index is 12.0. The molecule has 36 heavy (non-hydrogen) atoms. The summed E-state index contributed by atoms with van der Waals surface area (Å²) in [6, 6.07) is 17.2. The zero-order valence-corrected chi connectivity index (χ0v) is 21.0. The fourth-order valence-electron chi connectivity index (χ4n) is 4.32. The minimum absolute atomic E-state index is 0.0497. The van der Waals surface area contributed by atoms with Gasteiger partial charge in [0.1, 0.15) is 11.9 Å². The van der Waals surface area contributed by atoms with E-state index in [1.807, 2.05) is 36.4 Å². The van der Waals surface area contributed by atoms with E-state index in [-0.39, 0.29) is 12.7 Å².